The van der Waals surface area contributed by atoms with Gasteiger partial charge in [-0.25, -0.2) is 0 Å². The first kappa shape index (κ1) is 8.87. The zero-order valence-corrected chi connectivity index (χ0v) is 7.15. The molecule has 0 saturated heterocycles. The summed E-state index contributed by atoms with van der Waals surface area (Å²) >= 11 is 0. The molecule has 2 nitrogen and oxygen atoms in total. The molecule has 0 unspecified atom stereocenters. The van der Waals surface area contributed by atoms with Crippen molar-refractivity contribution in [3.05, 3.63) is 36.5 Å². The van der Waals surface area contributed by atoms with Crippen molar-refractivity contribution in [2.45, 2.75) is 6.61 Å². The van der Waals surface area contributed by atoms with Crippen LogP contribution >= 0.6 is 0 Å². The van der Waals surface area contributed by atoms with E-state index in [1.54, 1.807) is 24.3 Å². The van der Waals surface area contributed by atoms with Gasteiger partial charge in [-0.1, -0.05) is 12.1 Å². The average molecular weight is 195 g/mol. The van der Waals surface area contributed by atoms with Gasteiger partial charge < -0.3 is 4.74 Å². The lowest BCUT2D eigenvalue weighted by Gasteiger charge is -2.06. The monoisotopic (exact) mass is 195 g/mol. The Hall–Kier alpha value is -1.71. The summed E-state index contributed by atoms with van der Waals surface area (Å²) in [6, 6.07) is 8.41. The number of hydrogen-bond acceptors (Lipinski definition) is 2. The first-order chi connectivity index (χ1) is 6.77. The van der Waals surface area contributed by atoms with E-state index in [0.717, 1.165) is 0 Å². The van der Waals surface area contributed by atoms with Crippen molar-refractivity contribution in [3.63, 3.8) is 0 Å². The molecule has 2 aromatic rings. The summed E-state index contributed by atoms with van der Waals surface area (Å²) in [4.78, 5) is 4.02. The van der Waals surface area contributed by atoms with Gasteiger partial charge in [0.15, 0.2) is 0 Å². The van der Waals surface area contributed by atoms with Crippen LogP contribution in [-0.2, 0) is 0 Å². The number of hydrogen-bond donors (Lipinski definition) is 0. The molecule has 72 valence electrons. The van der Waals surface area contributed by atoms with Gasteiger partial charge in [-0.05, 0) is 18.2 Å². The number of ether oxygens (including phenoxy) is 1. The third-order valence-electron chi connectivity index (χ3n) is 1.83. The summed E-state index contributed by atoms with van der Waals surface area (Å²) in [6.07, 6.45) is 1.44. The maximum absolute atomic E-state index is 12.0. The number of nitrogens with zero attached hydrogens (tertiary/aromatic N) is 1. The molecule has 1 aromatic carbocycles. The van der Waals surface area contributed by atoms with E-state index in [2.05, 4.69) is 9.72 Å². The van der Waals surface area contributed by atoms with Crippen LogP contribution in [0.3, 0.4) is 0 Å². The molecule has 0 aliphatic heterocycles. The Labute approximate surface area is 79.1 Å². The molecule has 0 aliphatic carbocycles. The van der Waals surface area contributed by atoms with Crippen molar-refractivity contribution >= 4 is 10.9 Å². The van der Waals surface area contributed by atoms with Crippen molar-refractivity contribution < 1.29 is 13.5 Å². The van der Waals surface area contributed by atoms with Crippen LogP contribution in [0.15, 0.2) is 36.5 Å². The quantitative estimate of drug-likeness (QED) is 0.735. The number of para-hydroxylation sites is 1. The van der Waals surface area contributed by atoms with Crippen LogP contribution in [0.2, 0.25) is 0 Å². The third kappa shape index (κ3) is 1.64. The van der Waals surface area contributed by atoms with Gasteiger partial charge in [-0.15, -0.1) is 0 Å². The number of pyridine rings is 1. The van der Waals surface area contributed by atoms with Crippen molar-refractivity contribution in [3.8, 4) is 5.75 Å². The average Bonchev–Trinajstić information content (AvgIpc) is 2.18. The maximum Gasteiger partial charge on any atom is 0.387 e. The molecule has 1 aromatic heterocycles. The van der Waals surface area contributed by atoms with Gasteiger partial charge in [0.2, 0.25) is 0 Å². The third-order valence-corrected chi connectivity index (χ3v) is 1.83. The molecule has 0 aliphatic rings. The number of halogens is 2. The Kier molecular flexibility index (Phi) is 2.26. The lowest BCUT2D eigenvalue weighted by atomic mass is 10.2. The fourth-order valence-electron chi connectivity index (χ4n) is 1.27. The van der Waals surface area contributed by atoms with E-state index in [9.17, 15) is 8.78 Å². The summed E-state index contributed by atoms with van der Waals surface area (Å²) in [6.45, 7) is -2.80. The highest BCUT2D eigenvalue weighted by Crippen LogP contribution is 2.24. The molecule has 0 spiro atoms. The minimum atomic E-state index is -2.80. The Balaban J connectivity index is 2.53. The first-order valence-electron chi connectivity index (χ1n) is 4.06. The van der Waals surface area contributed by atoms with E-state index in [1.165, 1.54) is 12.3 Å². The summed E-state index contributed by atoms with van der Waals surface area (Å²) in [7, 11) is 0. The molecule has 1 heterocycles. The van der Waals surface area contributed by atoms with Gasteiger partial charge in [0.25, 0.3) is 0 Å². The predicted octanol–water partition coefficient (Wildman–Crippen LogP) is 2.84. The highest BCUT2D eigenvalue weighted by Gasteiger charge is 2.07. The summed E-state index contributed by atoms with van der Waals surface area (Å²) in [5, 5.41) is 0.593. The van der Waals surface area contributed by atoms with Crippen LogP contribution in [0.5, 0.6) is 5.75 Å². The Morgan fingerprint density at radius 3 is 2.71 bits per heavy atom. The first-order valence-corrected chi connectivity index (χ1v) is 4.06. The van der Waals surface area contributed by atoms with E-state index < -0.39 is 6.61 Å². The van der Waals surface area contributed by atoms with Crippen molar-refractivity contribution in [2.24, 2.45) is 0 Å². The molecule has 0 amide bonds. The maximum atomic E-state index is 12.0. The van der Waals surface area contributed by atoms with Gasteiger partial charge in [-0.3, -0.25) is 4.98 Å². The zero-order valence-electron chi connectivity index (χ0n) is 7.15. The molecule has 14 heavy (non-hydrogen) atoms. The smallest absolute Gasteiger partial charge is 0.387 e. The molecular weight excluding hydrogens is 188 g/mol. The number of rotatable bonds is 2. The largest absolute Gasteiger partial charge is 0.434 e. The van der Waals surface area contributed by atoms with Crippen LogP contribution in [-0.4, -0.2) is 11.6 Å². The van der Waals surface area contributed by atoms with Crippen LogP contribution in [0.25, 0.3) is 10.9 Å². The van der Waals surface area contributed by atoms with Crippen LogP contribution in [0, 0.1) is 0 Å². The molecule has 0 bridgehead atoms. The minimum absolute atomic E-state index is 0.158. The van der Waals surface area contributed by atoms with Gasteiger partial charge in [-0.2, -0.15) is 8.78 Å². The zero-order chi connectivity index (χ0) is 9.97. The number of fused-ring (bicyclic) bond motifs is 1. The number of benzene rings is 1. The Bertz CT molecular complexity index is 440. The second-order valence-electron chi connectivity index (χ2n) is 2.70. The van der Waals surface area contributed by atoms with Crippen molar-refractivity contribution in [2.75, 3.05) is 0 Å². The second-order valence-corrected chi connectivity index (χ2v) is 2.70. The summed E-state index contributed by atoms with van der Waals surface area (Å²) in [5.41, 5.74) is 0.644. The second kappa shape index (κ2) is 3.57. The van der Waals surface area contributed by atoms with Crippen molar-refractivity contribution in [1.29, 1.82) is 0 Å². The molecule has 0 saturated carbocycles. The van der Waals surface area contributed by atoms with Crippen LogP contribution in [0.1, 0.15) is 0 Å². The Morgan fingerprint density at radius 1 is 1.14 bits per heavy atom. The molecule has 0 atom stereocenters. The lowest BCUT2D eigenvalue weighted by Crippen LogP contribution is -2.02. The number of aromatic nitrogens is 1. The highest BCUT2D eigenvalue weighted by atomic mass is 19.3. The van der Waals surface area contributed by atoms with E-state index in [0.29, 0.717) is 10.9 Å². The topological polar surface area (TPSA) is 22.1 Å². The SMILES string of the molecule is FC(F)Oc1ccnc2ccccc12. The summed E-state index contributed by atoms with van der Waals surface area (Å²) in [5.74, 6) is 0.158. The van der Waals surface area contributed by atoms with Gasteiger partial charge in [0, 0.05) is 11.6 Å². The molecule has 4 heteroatoms. The fourth-order valence-corrected chi connectivity index (χ4v) is 1.27. The van der Waals surface area contributed by atoms with Gasteiger partial charge in [0.05, 0.1) is 5.52 Å². The standard InChI is InChI=1S/C10H7F2NO/c11-10(12)14-9-5-6-13-8-4-2-1-3-7(8)9/h1-6,10H. The molecule has 2 rings (SSSR count). The van der Waals surface area contributed by atoms with E-state index in [-0.39, 0.29) is 5.75 Å². The highest BCUT2D eigenvalue weighted by molar-refractivity contribution is 5.84. The van der Waals surface area contributed by atoms with Crippen LogP contribution < -0.4 is 4.74 Å². The minimum Gasteiger partial charge on any atom is -0.434 e. The van der Waals surface area contributed by atoms with E-state index >= 15 is 0 Å². The molecular formula is C10H7F2NO. The van der Waals surface area contributed by atoms with Gasteiger partial charge >= 0.3 is 6.61 Å². The normalized spacial score (nSPS) is 10.8. The Morgan fingerprint density at radius 2 is 1.93 bits per heavy atom. The van der Waals surface area contributed by atoms with Crippen LogP contribution in [0.4, 0.5) is 8.78 Å². The molecule has 0 radical (unpaired) electrons. The predicted molar refractivity (Wildman–Crippen MR) is 48.4 cm³/mol. The summed E-state index contributed by atoms with van der Waals surface area (Å²) < 4.78 is 28.4. The van der Waals surface area contributed by atoms with Crippen molar-refractivity contribution in [1.82, 2.24) is 4.98 Å². The molecule has 0 fully saturated rings. The lowest BCUT2D eigenvalue weighted by molar-refractivity contribution is -0.0488. The van der Waals surface area contributed by atoms with E-state index in [1.807, 2.05) is 0 Å². The number of alkyl halides is 2. The van der Waals surface area contributed by atoms with Gasteiger partial charge in [0.1, 0.15) is 5.75 Å². The fraction of sp³-hybridized carbons (Fsp3) is 0.100. The molecule has 0 N–H and O–H groups in total. The van der Waals surface area contributed by atoms with E-state index in [4.69, 9.17) is 0 Å².